The zero-order valence-electron chi connectivity index (χ0n) is 17.7. The lowest BCUT2D eigenvalue weighted by molar-refractivity contribution is -0.124. The van der Waals surface area contributed by atoms with Crippen molar-refractivity contribution in [3.63, 3.8) is 0 Å². The number of nitrogens with zero attached hydrogens (tertiary/aromatic N) is 1. The Morgan fingerprint density at radius 3 is 2.59 bits per heavy atom. The summed E-state index contributed by atoms with van der Waals surface area (Å²) in [6, 6.07) is 20.4. The van der Waals surface area contributed by atoms with Crippen molar-refractivity contribution in [3.05, 3.63) is 93.8 Å². The van der Waals surface area contributed by atoms with E-state index in [4.69, 9.17) is 9.47 Å². The van der Waals surface area contributed by atoms with Crippen LogP contribution in [0.3, 0.4) is 0 Å². The van der Waals surface area contributed by atoms with E-state index in [0.717, 1.165) is 21.3 Å². The highest BCUT2D eigenvalue weighted by atomic mass is 32.1. The first-order valence-corrected chi connectivity index (χ1v) is 10.9. The Morgan fingerprint density at radius 2 is 1.88 bits per heavy atom. The zero-order chi connectivity index (χ0) is 22.5. The standard InChI is InChI=1S/C25H22N2O4S/c1-16-20(14-18-13-19(30-2)10-11-21(18)26-16)25(29)31-15-23(28)27-24(22-9-6-12-32-22)17-7-4-3-5-8-17/h3-14,24H,15H2,1-2H3,(H,27,28). The van der Waals surface area contributed by atoms with Gasteiger partial charge in [0.05, 0.1) is 29.9 Å². The van der Waals surface area contributed by atoms with Crippen LogP contribution in [0.4, 0.5) is 0 Å². The first kappa shape index (κ1) is 21.5. The summed E-state index contributed by atoms with van der Waals surface area (Å²) < 4.78 is 10.6. The SMILES string of the molecule is COc1ccc2nc(C)c(C(=O)OCC(=O)NC(c3ccccc3)c3cccs3)cc2c1. The van der Waals surface area contributed by atoms with Gasteiger partial charge in [-0.3, -0.25) is 9.78 Å². The lowest BCUT2D eigenvalue weighted by atomic mass is 10.1. The number of carbonyl (C=O) groups is 2. The maximum atomic E-state index is 12.7. The van der Waals surface area contributed by atoms with Gasteiger partial charge >= 0.3 is 5.97 Å². The summed E-state index contributed by atoms with van der Waals surface area (Å²) in [6.45, 7) is 1.35. The molecule has 0 bridgehead atoms. The summed E-state index contributed by atoms with van der Waals surface area (Å²) in [6.07, 6.45) is 0. The maximum Gasteiger partial charge on any atom is 0.340 e. The molecule has 1 amide bonds. The Hall–Kier alpha value is -3.71. The van der Waals surface area contributed by atoms with E-state index in [1.54, 1.807) is 37.5 Å². The molecule has 6 nitrogen and oxygen atoms in total. The van der Waals surface area contributed by atoms with Crippen LogP contribution in [0, 0.1) is 6.92 Å². The molecule has 2 aromatic carbocycles. The summed E-state index contributed by atoms with van der Waals surface area (Å²) in [4.78, 5) is 30.8. The third kappa shape index (κ3) is 4.78. The number of fused-ring (bicyclic) bond motifs is 1. The molecule has 162 valence electrons. The van der Waals surface area contributed by atoms with Gasteiger partial charge in [0.15, 0.2) is 6.61 Å². The van der Waals surface area contributed by atoms with Crippen LogP contribution in [0.15, 0.2) is 72.1 Å². The largest absolute Gasteiger partial charge is 0.497 e. The van der Waals surface area contributed by atoms with Crippen molar-refractivity contribution >= 4 is 34.1 Å². The van der Waals surface area contributed by atoms with E-state index >= 15 is 0 Å². The van der Waals surface area contributed by atoms with Gasteiger partial charge in [-0.2, -0.15) is 0 Å². The minimum absolute atomic E-state index is 0.307. The number of hydrogen-bond acceptors (Lipinski definition) is 6. The van der Waals surface area contributed by atoms with E-state index in [-0.39, 0.29) is 18.6 Å². The Labute approximate surface area is 189 Å². The molecule has 0 saturated heterocycles. The van der Waals surface area contributed by atoms with E-state index in [2.05, 4.69) is 10.3 Å². The van der Waals surface area contributed by atoms with Crippen LogP contribution in [0.5, 0.6) is 5.75 Å². The van der Waals surface area contributed by atoms with Crippen LogP contribution in [0.2, 0.25) is 0 Å². The third-order valence-electron chi connectivity index (χ3n) is 5.03. The minimum Gasteiger partial charge on any atom is -0.497 e. The van der Waals surface area contributed by atoms with Crippen molar-refractivity contribution in [1.29, 1.82) is 0 Å². The molecule has 2 aromatic heterocycles. The van der Waals surface area contributed by atoms with Crippen molar-refractivity contribution in [1.82, 2.24) is 10.3 Å². The Morgan fingerprint density at radius 1 is 1.06 bits per heavy atom. The molecule has 0 radical (unpaired) electrons. The fraction of sp³-hybridized carbons (Fsp3) is 0.160. The van der Waals surface area contributed by atoms with Gasteiger partial charge in [0.25, 0.3) is 5.91 Å². The van der Waals surface area contributed by atoms with Gasteiger partial charge in [0, 0.05) is 10.3 Å². The lowest BCUT2D eigenvalue weighted by Crippen LogP contribution is -2.32. The number of nitrogens with one attached hydrogen (secondary N) is 1. The van der Waals surface area contributed by atoms with Crippen molar-refractivity contribution < 1.29 is 19.1 Å². The second-order valence-corrected chi connectivity index (χ2v) is 8.16. The Balaban J connectivity index is 1.46. The van der Waals surface area contributed by atoms with Crippen LogP contribution in [-0.2, 0) is 9.53 Å². The number of amides is 1. The molecule has 0 spiro atoms. The number of thiophene rings is 1. The van der Waals surface area contributed by atoms with Gasteiger partial charge in [-0.1, -0.05) is 36.4 Å². The molecule has 0 aliphatic carbocycles. The lowest BCUT2D eigenvalue weighted by Gasteiger charge is -2.18. The Kier molecular flexibility index (Phi) is 6.47. The monoisotopic (exact) mass is 446 g/mol. The predicted molar refractivity (Wildman–Crippen MR) is 124 cm³/mol. The van der Waals surface area contributed by atoms with E-state index in [1.807, 2.05) is 60.0 Å². The first-order chi connectivity index (χ1) is 15.5. The van der Waals surface area contributed by atoms with E-state index in [0.29, 0.717) is 17.0 Å². The maximum absolute atomic E-state index is 12.7. The summed E-state index contributed by atoms with van der Waals surface area (Å²) in [5.74, 6) is -0.307. The van der Waals surface area contributed by atoms with Crippen molar-refractivity contribution in [2.24, 2.45) is 0 Å². The van der Waals surface area contributed by atoms with Crippen LogP contribution in [-0.4, -0.2) is 30.6 Å². The van der Waals surface area contributed by atoms with Crippen LogP contribution in [0.25, 0.3) is 10.9 Å². The van der Waals surface area contributed by atoms with Crippen LogP contribution in [0.1, 0.15) is 32.5 Å². The Bertz CT molecular complexity index is 1240. The quantitative estimate of drug-likeness (QED) is 0.417. The summed E-state index contributed by atoms with van der Waals surface area (Å²) in [5, 5.41) is 5.68. The number of hydrogen-bond donors (Lipinski definition) is 1. The smallest absolute Gasteiger partial charge is 0.340 e. The summed E-state index contributed by atoms with van der Waals surface area (Å²) in [7, 11) is 1.58. The number of aryl methyl sites for hydroxylation is 1. The predicted octanol–water partition coefficient (Wildman–Crippen LogP) is 4.68. The molecule has 32 heavy (non-hydrogen) atoms. The molecule has 1 unspecified atom stereocenters. The zero-order valence-corrected chi connectivity index (χ0v) is 18.5. The topological polar surface area (TPSA) is 77.5 Å². The molecule has 4 rings (SSSR count). The number of ether oxygens (including phenoxy) is 2. The highest BCUT2D eigenvalue weighted by Gasteiger charge is 2.20. The van der Waals surface area contributed by atoms with Gasteiger partial charge < -0.3 is 14.8 Å². The summed E-state index contributed by atoms with van der Waals surface area (Å²) in [5.41, 5.74) is 2.56. The van der Waals surface area contributed by atoms with Crippen LogP contribution >= 0.6 is 11.3 Å². The molecule has 1 atom stereocenters. The molecule has 0 aliphatic heterocycles. The van der Waals surface area contributed by atoms with E-state index < -0.39 is 5.97 Å². The normalized spacial score (nSPS) is 11.7. The number of rotatable bonds is 7. The molecule has 4 aromatic rings. The molecule has 2 heterocycles. The molecular weight excluding hydrogens is 424 g/mol. The van der Waals surface area contributed by atoms with E-state index in [1.165, 1.54) is 0 Å². The number of esters is 1. The summed E-state index contributed by atoms with van der Waals surface area (Å²) >= 11 is 1.55. The molecule has 1 N–H and O–H groups in total. The highest BCUT2D eigenvalue weighted by Crippen LogP contribution is 2.26. The average Bonchev–Trinajstić information content (AvgIpc) is 3.35. The average molecular weight is 447 g/mol. The fourth-order valence-corrected chi connectivity index (χ4v) is 4.22. The minimum atomic E-state index is -0.595. The van der Waals surface area contributed by atoms with E-state index in [9.17, 15) is 9.59 Å². The number of carbonyl (C=O) groups excluding carboxylic acids is 2. The second kappa shape index (κ2) is 9.62. The molecule has 0 aliphatic rings. The van der Waals surface area contributed by atoms with Crippen molar-refractivity contribution in [2.75, 3.05) is 13.7 Å². The third-order valence-corrected chi connectivity index (χ3v) is 5.97. The molecule has 0 fully saturated rings. The second-order valence-electron chi connectivity index (χ2n) is 7.18. The van der Waals surface area contributed by atoms with Crippen LogP contribution < -0.4 is 10.1 Å². The van der Waals surface area contributed by atoms with Gasteiger partial charge in [-0.25, -0.2) is 4.79 Å². The number of pyridine rings is 1. The first-order valence-electron chi connectivity index (χ1n) is 10.1. The van der Waals surface area contributed by atoms with Crippen molar-refractivity contribution in [2.45, 2.75) is 13.0 Å². The number of benzene rings is 2. The van der Waals surface area contributed by atoms with Crippen molar-refractivity contribution in [3.8, 4) is 5.75 Å². The fourth-order valence-electron chi connectivity index (χ4n) is 3.42. The van der Waals surface area contributed by atoms with Gasteiger partial charge in [-0.05, 0) is 48.2 Å². The van der Waals surface area contributed by atoms with Gasteiger partial charge in [0.1, 0.15) is 5.75 Å². The van der Waals surface area contributed by atoms with Gasteiger partial charge in [0.2, 0.25) is 0 Å². The highest BCUT2D eigenvalue weighted by molar-refractivity contribution is 7.10. The molecule has 0 saturated carbocycles. The van der Waals surface area contributed by atoms with Gasteiger partial charge in [-0.15, -0.1) is 11.3 Å². The number of methoxy groups -OCH3 is 1. The molecule has 7 heteroatoms. The number of aromatic nitrogens is 1. The molecular formula is C25H22N2O4S.